The molecule has 17 heavy (non-hydrogen) atoms. The second kappa shape index (κ2) is 7.41. The molecule has 0 spiro atoms. The molecule has 1 nitrogen and oxygen atoms in total. The van der Waals surface area contributed by atoms with Crippen molar-refractivity contribution in [1.82, 2.24) is 0 Å². The maximum absolute atomic E-state index is 10.4. The van der Waals surface area contributed by atoms with Crippen LogP contribution < -0.4 is 0 Å². The number of hydrogen-bond acceptors (Lipinski definition) is 1. The Morgan fingerprint density at radius 3 is 2.41 bits per heavy atom. The normalized spacial score (nSPS) is 23.3. The van der Waals surface area contributed by atoms with Crippen molar-refractivity contribution in [3.63, 3.8) is 0 Å². The first-order chi connectivity index (χ1) is 8.03. The summed E-state index contributed by atoms with van der Waals surface area (Å²) in [7, 11) is 0. The summed E-state index contributed by atoms with van der Waals surface area (Å²) in [5.41, 5.74) is -0.416. The van der Waals surface area contributed by atoms with Crippen molar-refractivity contribution in [1.29, 1.82) is 0 Å². The first kappa shape index (κ1) is 15.0. The van der Waals surface area contributed by atoms with Gasteiger partial charge >= 0.3 is 0 Å². The topological polar surface area (TPSA) is 20.2 Å². The van der Waals surface area contributed by atoms with E-state index >= 15 is 0 Å². The van der Waals surface area contributed by atoms with E-state index in [9.17, 15) is 5.11 Å². The Balaban J connectivity index is 2.18. The zero-order valence-corrected chi connectivity index (χ0v) is 12.2. The quantitative estimate of drug-likeness (QED) is 0.669. The molecular formula is C16H32O. The van der Waals surface area contributed by atoms with Gasteiger partial charge in [-0.2, -0.15) is 0 Å². The fraction of sp³-hybridized carbons (Fsp3) is 1.00. The Morgan fingerprint density at radius 1 is 1.18 bits per heavy atom. The van der Waals surface area contributed by atoms with Gasteiger partial charge < -0.3 is 5.11 Å². The minimum absolute atomic E-state index is 0.416. The lowest BCUT2D eigenvalue weighted by atomic mass is 9.81. The van der Waals surface area contributed by atoms with Crippen molar-refractivity contribution in [3.05, 3.63) is 0 Å². The number of hydrogen-bond donors (Lipinski definition) is 1. The first-order valence-electron chi connectivity index (χ1n) is 7.76. The predicted octanol–water partition coefficient (Wildman–Crippen LogP) is 4.92. The van der Waals surface area contributed by atoms with Crippen molar-refractivity contribution < 1.29 is 5.11 Å². The van der Waals surface area contributed by atoms with Gasteiger partial charge in [-0.3, -0.25) is 0 Å². The van der Waals surface area contributed by atoms with Gasteiger partial charge in [-0.15, -0.1) is 0 Å². The van der Waals surface area contributed by atoms with Crippen molar-refractivity contribution in [2.24, 2.45) is 11.8 Å². The van der Waals surface area contributed by atoms with Crippen molar-refractivity contribution in [2.45, 2.75) is 90.6 Å². The van der Waals surface area contributed by atoms with E-state index in [1.54, 1.807) is 0 Å². The van der Waals surface area contributed by atoms with Crippen LogP contribution in [0.2, 0.25) is 0 Å². The van der Waals surface area contributed by atoms with Crippen LogP contribution in [0.1, 0.15) is 85.0 Å². The summed E-state index contributed by atoms with van der Waals surface area (Å²) < 4.78 is 0. The summed E-state index contributed by atoms with van der Waals surface area (Å²) in [6.07, 6.45) is 12.7. The molecule has 0 aliphatic heterocycles. The lowest BCUT2D eigenvalue weighted by Gasteiger charge is -2.28. The Hall–Kier alpha value is -0.0400. The minimum Gasteiger partial charge on any atom is -0.390 e. The summed E-state index contributed by atoms with van der Waals surface area (Å²) in [6.45, 7) is 6.57. The molecule has 1 aliphatic rings. The van der Waals surface area contributed by atoms with Crippen LogP contribution in [0.15, 0.2) is 0 Å². The van der Waals surface area contributed by atoms with Crippen molar-refractivity contribution >= 4 is 0 Å². The zero-order valence-electron chi connectivity index (χ0n) is 12.2. The Labute approximate surface area is 108 Å². The van der Waals surface area contributed by atoms with Crippen LogP contribution in [0.25, 0.3) is 0 Å². The number of rotatable bonds is 7. The summed E-state index contributed by atoms with van der Waals surface area (Å²) in [6, 6.07) is 0. The summed E-state index contributed by atoms with van der Waals surface area (Å²) in [5, 5.41) is 10.4. The molecule has 0 saturated heterocycles. The maximum Gasteiger partial charge on any atom is 0.0620 e. The molecule has 102 valence electrons. The van der Waals surface area contributed by atoms with Crippen LogP contribution in [0.4, 0.5) is 0 Å². The molecule has 0 radical (unpaired) electrons. The van der Waals surface area contributed by atoms with Crippen LogP contribution in [0.3, 0.4) is 0 Å². The van der Waals surface area contributed by atoms with E-state index in [1.165, 1.54) is 51.4 Å². The van der Waals surface area contributed by atoms with Crippen LogP contribution in [0.5, 0.6) is 0 Å². The van der Waals surface area contributed by atoms with E-state index in [1.807, 2.05) is 6.92 Å². The first-order valence-corrected chi connectivity index (χ1v) is 7.76. The van der Waals surface area contributed by atoms with Gasteiger partial charge in [-0.25, -0.2) is 0 Å². The molecule has 2 atom stereocenters. The van der Waals surface area contributed by atoms with E-state index < -0.39 is 5.60 Å². The standard InChI is InChI=1S/C16H32O/c1-4-14(2)10-12-16(3,17)13-11-15-8-6-5-7-9-15/h14-15,17H,4-13H2,1-3H3. The molecule has 0 heterocycles. The fourth-order valence-corrected chi connectivity index (χ4v) is 2.88. The van der Waals surface area contributed by atoms with Crippen molar-refractivity contribution in [3.8, 4) is 0 Å². The summed E-state index contributed by atoms with van der Waals surface area (Å²) in [4.78, 5) is 0. The summed E-state index contributed by atoms with van der Waals surface area (Å²) in [5.74, 6) is 1.66. The highest BCUT2D eigenvalue weighted by Crippen LogP contribution is 2.31. The van der Waals surface area contributed by atoms with E-state index in [-0.39, 0.29) is 0 Å². The molecule has 1 fully saturated rings. The molecule has 1 N–H and O–H groups in total. The third-order valence-corrected chi connectivity index (χ3v) is 4.69. The molecular weight excluding hydrogens is 208 g/mol. The van der Waals surface area contributed by atoms with Crippen LogP contribution in [-0.4, -0.2) is 10.7 Å². The highest BCUT2D eigenvalue weighted by atomic mass is 16.3. The number of aliphatic hydroxyl groups is 1. The van der Waals surface area contributed by atoms with E-state index in [4.69, 9.17) is 0 Å². The molecule has 0 amide bonds. The molecule has 1 heteroatoms. The SMILES string of the molecule is CCC(C)CCC(C)(O)CCC1CCCCC1. The highest BCUT2D eigenvalue weighted by molar-refractivity contribution is 4.76. The third-order valence-electron chi connectivity index (χ3n) is 4.69. The largest absolute Gasteiger partial charge is 0.390 e. The third kappa shape index (κ3) is 6.45. The monoisotopic (exact) mass is 240 g/mol. The zero-order chi connectivity index (χ0) is 12.7. The second-order valence-corrected chi connectivity index (χ2v) is 6.59. The fourth-order valence-electron chi connectivity index (χ4n) is 2.88. The van der Waals surface area contributed by atoms with Crippen LogP contribution in [0, 0.1) is 11.8 Å². The summed E-state index contributed by atoms with van der Waals surface area (Å²) >= 11 is 0. The predicted molar refractivity (Wildman–Crippen MR) is 75.1 cm³/mol. The molecule has 1 rings (SSSR count). The van der Waals surface area contributed by atoms with Gasteiger partial charge in [-0.05, 0) is 44.4 Å². The highest BCUT2D eigenvalue weighted by Gasteiger charge is 2.23. The van der Waals surface area contributed by atoms with Gasteiger partial charge in [0.2, 0.25) is 0 Å². The van der Waals surface area contributed by atoms with Gasteiger partial charge in [0, 0.05) is 0 Å². The van der Waals surface area contributed by atoms with Crippen LogP contribution >= 0.6 is 0 Å². The minimum atomic E-state index is -0.416. The molecule has 0 aromatic rings. The van der Waals surface area contributed by atoms with Crippen molar-refractivity contribution in [2.75, 3.05) is 0 Å². The smallest absolute Gasteiger partial charge is 0.0620 e. The maximum atomic E-state index is 10.4. The lowest BCUT2D eigenvalue weighted by molar-refractivity contribution is 0.0279. The Bertz CT molecular complexity index is 192. The van der Waals surface area contributed by atoms with Gasteiger partial charge in [0.1, 0.15) is 0 Å². The van der Waals surface area contributed by atoms with E-state index in [0.29, 0.717) is 0 Å². The molecule has 2 unspecified atom stereocenters. The second-order valence-electron chi connectivity index (χ2n) is 6.59. The lowest BCUT2D eigenvalue weighted by Crippen LogP contribution is -2.26. The molecule has 0 aromatic carbocycles. The average molecular weight is 240 g/mol. The molecule has 0 bridgehead atoms. The van der Waals surface area contributed by atoms with E-state index in [2.05, 4.69) is 13.8 Å². The van der Waals surface area contributed by atoms with Gasteiger partial charge in [0.25, 0.3) is 0 Å². The van der Waals surface area contributed by atoms with Crippen LogP contribution in [-0.2, 0) is 0 Å². The van der Waals surface area contributed by atoms with E-state index in [0.717, 1.165) is 24.7 Å². The Morgan fingerprint density at radius 2 is 1.82 bits per heavy atom. The Kier molecular flexibility index (Phi) is 6.54. The molecule has 1 aliphatic carbocycles. The van der Waals surface area contributed by atoms with Gasteiger partial charge in [-0.1, -0.05) is 52.4 Å². The molecule has 0 aromatic heterocycles. The average Bonchev–Trinajstić information content (AvgIpc) is 2.35. The van der Waals surface area contributed by atoms with Gasteiger partial charge in [0.15, 0.2) is 0 Å². The van der Waals surface area contributed by atoms with Gasteiger partial charge in [0.05, 0.1) is 5.60 Å². The molecule has 1 saturated carbocycles.